The van der Waals surface area contributed by atoms with Crippen LogP contribution in [-0.4, -0.2) is 21.0 Å². The lowest BCUT2D eigenvalue weighted by Gasteiger charge is -2.50. The van der Waals surface area contributed by atoms with Crippen LogP contribution in [0.3, 0.4) is 0 Å². The van der Waals surface area contributed by atoms with Crippen molar-refractivity contribution >= 4 is 18.7 Å². The number of hydrogen-bond donors (Lipinski definition) is 0. The first-order valence-electron chi connectivity index (χ1n) is 14.6. The lowest BCUT2D eigenvalue weighted by atomic mass is 9.63. The lowest BCUT2D eigenvalue weighted by molar-refractivity contribution is -0.00949. The fourth-order valence-corrected chi connectivity index (χ4v) is 11.4. The van der Waals surface area contributed by atoms with E-state index < -0.39 is 8.32 Å². The largest absolute Gasteiger partial charge is 0.404 e. The third kappa shape index (κ3) is 6.33. The van der Waals surface area contributed by atoms with E-state index in [4.69, 9.17) is 9.16 Å². The van der Waals surface area contributed by atoms with Crippen LogP contribution in [0.2, 0.25) is 5.04 Å². The highest BCUT2D eigenvalue weighted by Crippen LogP contribution is 2.48. The van der Waals surface area contributed by atoms with Crippen LogP contribution >= 0.6 is 0 Å². The smallest absolute Gasteiger partial charge is 0.261 e. The van der Waals surface area contributed by atoms with E-state index in [1.54, 1.807) is 0 Å². The zero-order chi connectivity index (χ0) is 27.2. The Balaban J connectivity index is 1.53. The molecule has 0 N–H and O–H groups in total. The maximum atomic E-state index is 7.59. The molecule has 1 aliphatic carbocycles. The molecule has 3 heteroatoms. The van der Waals surface area contributed by atoms with Crippen molar-refractivity contribution in [3.63, 3.8) is 0 Å². The molecule has 1 aliphatic rings. The summed E-state index contributed by atoms with van der Waals surface area (Å²) in [7, 11) is -2.54. The van der Waals surface area contributed by atoms with Crippen LogP contribution in [0.15, 0.2) is 91.0 Å². The first-order valence-corrected chi connectivity index (χ1v) is 16.5. The van der Waals surface area contributed by atoms with Crippen molar-refractivity contribution in [3.05, 3.63) is 96.6 Å². The molecular formula is C35H48O2Si. The van der Waals surface area contributed by atoms with Gasteiger partial charge in [-0.1, -0.05) is 139 Å². The van der Waals surface area contributed by atoms with Crippen molar-refractivity contribution in [2.24, 2.45) is 17.3 Å². The van der Waals surface area contributed by atoms with Gasteiger partial charge in [0.1, 0.15) is 0 Å². The fourth-order valence-electron chi connectivity index (χ4n) is 6.68. The summed E-state index contributed by atoms with van der Waals surface area (Å²) in [6, 6.07) is 32.7. The summed E-state index contributed by atoms with van der Waals surface area (Å²) in [6.07, 6.45) is 5.01. The summed E-state index contributed by atoms with van der Waals surface area (Å²) in [4.78, 5) is 0. The van der Waals surface area contributed by atoms with Crippen molar-refractivity contribution in [2.45, 2.75) is 85.0 Å². The molecule has 38 heavy (non-hydrogen) atoms. The zero-order valence-corrected chi connectivity index (χ0v) is 25.5. The Morgan fingerprint density at radius 1 is 0.842 bits per heavy atom. The van der Waals surface area contributed by atoms with Crippen molar-refractivity contribution in [1.29, 1.82) is 0 Å². The molecule has 1 fully saturated rings. The van der Waals surface area contributed by atoms with Crippen LogP contribution in [0.25, 0.3) is 0 Å². The fraction of sp³-hybridized carbons (Fsp3) is 0.486. The van der Waals surface area contributed by atoms with Gasteiger partial charge < -0.3 is 9.16 Å². The van der Waals surface area contributed by atoms with Crippen LogP contribution in [-0.2, 0) is 15.8 Å². The van der Waals surface area contributed by atoms with E-state index in [2.05, 4.69) is 133 Å². The molecule has 3 aromatic rings. The molecule has 2 nitrogen and oxygen atoms in total. The first-order chi connectivity index (χ1) is 18.2. The topological polar surface area (TPSA) is 18.5 Å². The molecule has 0 bridgehead atoms. The van der Waals surface area contributed by atoms with E-state index in [1.165, 1.54) is 28.8 Å². The summed E-state index contributed by atoms with van der Waals surface area (Å²) >= 11 is 0. The number of ether oxygens (including phenoxy) is 1. The molecule has 4 rings (SSSR count). The standard InChI is InChI=1S/C35H48O2Si/c1-28(26-36-27-30-17-10-7-11-18-30)29(2)35(6)24-16-19-31(25-35)37-38(34(3,4)5,32-20-12-8-13-21-32)33-22-14-9-15-23-33/h7-15,17-18,20-23,28-29,31H,16,19,24-27H2,1-6H3/t28-,29+,31-,35-/m0/s1. The van der Waals surface area contributed by atoms with Gasteiger partial charge in [-0.25, -0.2) is 0 Å². The molecule has 0 aliphatic heterocycles. The van der Waals surface area contributed by atoms with Gasteiger partial charge in [0.05, 0.1) is 6.61 Å². The summed E-state index contributed by atoms with van der Waals surface area (Å²) in [5.74, 6) is 1.05. The van der Waals surface area contributed by atoms with Gasteiger partial charge in [0.15, 0.2) is 0 Å². The summed E-state index contributed by atoms with van der Waals surface area (Å²) < 4.78 is 13.8. The minimum Gasteiger partial charge on any atom is -0.404 e. The van der Waals surface area contributed by atoms with Crippen LogP contribution < -0.4 is 10.4 Å². The predicted molar refractivity (Wildman–Crippen MR) is 163 cm³/mol. The van der Waals surface area contributed by atoms with E-state index >= 15 is 0 Å². The van der Waals surface area contributed by atoms with Gasteiger partial charge in [0.2, 0.25) is 0 Å². The zero-order valence-electron chi connectivity index (χ0n) is 24.5. The summed E-state index contributed by atoms with van der Waals surface area (Å²) in [5, 5.41) is 2.76. The highest BCUT2D eigenvalue weighted by Gasteiger charge is 2.52. The summed E-state index contributed by atoms with van der Waals surface area (Å²) in [5.41, 5.74) is 1.49. The van der Waals surface area contributed by atoms with E-state index in [-0.39, 0.29) is 16.6 Å². The van der Waals surface area contributed by atoms with Crippen molar-refractivity contribution in [2.75, 3.05) is 6.61 Å². The first kappa shape index (κ1) is 28.8. The highest BCUT2D eigenvalue weighted by molar-refractivity contribution is 6.99. The van der Waals surface area contributed by atoms with Crippen molar-refractivity contribution in [3.8, 4) is 0 Å². The monoisotopic (exact) mass is 528 g/mol. The van der Waals surface area contributed by atoms with Gasteiger partial charge >= 0.3 is 0 Å². The third-order valence-corrected chi connectivity index (χ3v) is 14.3. The maximum absolute atomic E-state index is 7.59. The average Bonchev–Trinajstić information content (AvgIpc) is 2.92. The molecule has 1 saturated carbocycles. The Morgan fingerprint density at radius 3 is 1.89 bits per heavy atom. The van der Waals surface area contributed by atoms with Crippen LogP contribution in [0.4, 0.5) is 0 Å². The number of benzene rings is 3. The predicted octanol–water partition coefficient (Wildman–Crippen LogP) is 8.00. The molecule has 0 amide bonds. The Morgan fingerprint density at radius 2 is 1.37 bits per heavy atom. The Kier molecular flexibility index (Phi) is 9.34. The molecule has 4 atom stereocenters. The molecule has 0 aromatic heterocycles. The molecule has 0 heterocycles. The van der Waals surface area contributed by atoms with Gasteiger partial charge in [0.25, 0.3) is 8.32 Å². The quantitative estimate of drug-likeness (QED) is 0.248. The van der Waals surface area contributed by atoms with Crippen LogP contribution in [0, 0.1) is 17.3 Å². The molecule has 0 unspecified atom stereocenters. The molecule has 0 saturated heterocycles. The van der Waals surface area contributed by atoms with Gasteiger partial charge in [-0.15, -0.1) is 0 Å². The molecule has 3 aromatic carbocycles. The van der Waals surface area contributed by atoms with E-state index in [0.29, 0.717) is 18.4 Å². The molecule has 0 spiro atoms. The van der Waals surface area contributed by atoms with Crippen LogP contribution in [0.1, 0.15) is 72.8 Å². The van der Waals surface area contributed by atoms with Gasteiger partial charge in [-0.05, 0) is 57.5 Å². The van der Waals surface area contributed by atoms with E-state index in [9.17, 15) is 0 Å². The molecule has 0 radical (unpaired) electrons. The van der Waals surface area contributed by atoms with Gasteiger partial charge in [-0.2, -0.15) is 0 Å². The Hall–Kier alpha value is -2.20. The van der Waals surface area contributed by atoms with Crippen molar-refractivity contribution in [1.82, 2.24) is 0 Å². The molecule has 204 valence electrons. The van der Waals surface area contributed by atoms with Gasteiger partial charge in [0, 0.05) is 12.7 Å². The number of rotatable bonds is 10. The van der Waals surface area contributed by atoms with Gasteiger partial charge in [-0.3, -0.25) is 0 Å². The Bertz CT molecular complexity index is 1070. The third-order valence-electron chi connectivity index (χ3n) is 9.17. The number of hydrogen-bond acceptors (Lipinski definition) is 2. The average molecular weight is 529 g/mol. The van der Waals surface area contributed by atoms with E-state index in [0.717, 1.165) is 19.4 Å². The lowest BCUT2D eigenvalue weighted by Crippen LogP contribution is -2.68. The Labute approximate surface area is 232 Å². The van der Waals surface area contributed by atoms with E-state index in [1.807, 2.05) is 0 Å². The minimum absolute atomic E-state index is 0.00768. The normalized spacial score (nSPS) is 22.1. The highest BCUT2D eigenvalue weighted by atomic mass is 28.4. The molecular weight excluding hydrogens is 480 g/mol. The second-order valence-electron chi connectivity index (χ2n) is 12.9. The SMILES string of the molecule is C[C@H]([C@@H](C)COCc1ccccc1)[C@@]1(C)CCC[C@H](O[Si](c2ccccc2)(c2ccccc2)C(C)(C)C)C1. The minimum atomic E-state index is -2.54. The second kappa shape index (κ2) is 12.3. The second-order valence-corrected chi connectivity index (χ2v) is 17.2. The summed E-state index contributed by atoms with van der Waals surface area (Å²) in [6.45, 7) is 16.0. The van der Waals surface area contributed by atoms with Crippen molar-refractivity contribution < 1.29 is 9.16 Å². The maximum Gasteiger partial charge on any atom is 0.261 e. The van der Waals surface area contributed by atoms with Crippen LogP contribution in [0.5, 0.6) is 0 Å².